The van der Waals surface area contributed by atoms with E-state index in [0.717, 1.165) is 32.6 Å². The van der Waals surface area contributed by atoms with Crippen molar-refractivity contribution >= 4 is 55.7 Å². The summed E-state index contributed by atoms with van der Waals surface area (Å²) in [4.78, 5) is 27.1. The molecule has 164 valence electrons. The lowest BCUT2D eigenvalue weighted by Gasteiger charge is -2.11. The number of nitrogens with zero attached hydrogens (tertiary/aromatic N) is 3. The van der Waals surface area contributed by atoms with E-state index in [1.807, 2.05) is 48.0 Å². The number of amides is 1. The van der Waals surface area contributed by atoms with Gasteiger partial charge in [0.2, 0.25) is 5.91 Å². The van der Waals surface area contributed by atoms with Crippen molar-refractivity contribution in [2.24, 2.45) is 0 Å². The molecule has 1 amide bonds. The van der Waals surface area contributed by atoms with Crippen LogP contribution in [-0.2, 0) is 4.79 Å². The van der Waals surface area contributed by atoms with Gasteiger partial charge >= 0.3 is 0 Å². The third kappa shape index (κ3) is 4.66. The number of thiophene rings is 1. The Balaban J connectivity index is 1.35. The van der Waals surface area contributed by atoms with Gasteiger partial charge in [0.25, 0.3) is 0 Å². The lowest BCUT2D eigenvalue weighted by atomic mass is 10.1. The average molecular weight is 493 g/mol. The Hall–Kier alpha value is -3.14. The Labute approximate surface area is 201 Å². The predicted molar refractivity (Wildman–Crippen MR) is 134 cm³/mol. The maximum Gasteiger partial charge on any atom is 0.239 e. The van der Waals surface area contributed by atoms with Crippen molar-refractivity contribution in [3.8, 4) is 22.4 Å². The fraction of sp³-hybridized carbons (Fsp3) is 0.0833. The van der Waals surface area contributed by atoms with E-state index < -0.39 is 5.25 Å². The molecule has 9 heteroatoms. The zero-order valence-electron chi connectivity index (χ0n) is 17.4. The zero-order chi connectivity index (χ0) is 22.8. The molecule has 1 atom stereocenters. The molecular weight excluding hydrogens is 475 g/mol. The Morgan fingerprint density at radius 1 is 1.00 bits per heavy atom. The van der Waals surface area contributed by atoms with E-state index >= 15 is 0 Å². The molecule has 0 saturated heterocycles. The first-order chi connectivity index (χ1) is 16.1. The van der Waals surface area contributed by atoms with E-state index in [0.29, 0.717) is 10.2 Å². The second-order valence-electron chi connectivity index (χ2n) is 7.17. The molecule has 0 spiro atoms. The molecule has 3 heterocycles. The van der Waals surface area contributed by atoms with E-state index in [4.69, 9.17) is 0 Å². The molecule has 0 aliphatic rings. The van der Waals surface area contributed by atoms with E-state index in [2.05, 4.69) is 20.3 Å². The summed E-state index contributed by atoms with van der Waals surface area (Å²) in [6.45, 7) is 1.84. The SMILES string of the molecule is CC(Sc1ncnc2scc(-c3ccc(F)cc3)c12)C(=O)Nc1nc(-c2ccccc2)cs1. The second-order valence-corrected chi connectivity index (χ2v) is 10.2. The van der Waals surface area contributed by atoms with Crippen LogP contribution >= 0.6 is 34.4 Å². The van der Waals surface area contributed by atoms with E-state index in [9.17, 15) is 9.18 Å². The summed E-state index contributed by atoms with van der Waals surface area (Å²) in [6.07, 6.45) is 1.51. The van der Waals surface area contributed by atoms with Crippen LogP contribution in [0.5, 0.6) is 0 Å². The highest BCUT2D eigenvalue weighted by atomic mass is 32.2. The summed E-state index contributed by atoms with van der Waals surface area (Å²) in [5, 5.41) is 8.56. The normalized spacial score (nSPS) is 12.1. The van der Waals surface area contributed by atoms with Crippen LogP contribution < -0.4 is 5.32 Å². The Morgan fingerprint density at radius 2 is 1.79 bits per heavy atom. The molecule has 3 aromatic heterocycles. The maximum atomic E-state index is 13.4. The van der Waals surface area contributed by atoms with Gasteiger partial charge in [0, 0.05) is 21.9 Å². The molecule has 1 N–H and O–H groups in total. The number of carbonyl (C=O) groups is 1. The van der Waals surface area contributed by atoms with Crippen molar-refractivity contribution in [1.29, 1.82) is 0 Å². The maximum absolute atomic E-state index is 13.4. The van der Waals surface area contributed by atoms with Gasteiger partial charge in [-0.15, -0.1) is 22.7 Å². The van der Waals surface area contributed by atoms with Crippen LogP contribution in [0.25, 0.3) is 32.6 Å². The molecule has 1 unspecified atom stereocenters. The molecule has 2 aromatic carbocycles. The van der Waals surface area contributed by atoms with Gasteiger partial charge < -0.3 is 5.32 Å². The fourth-order valence-electron chi connectivity index (χ4n) is 3.28. The number of halogens is 1. The predicted octanol–water partition coefficient (Wildman–Crippen LogP) is 6.74. The van der Waals surface area contributed by atoms with Gasteiger partial charge in [-0.25, -0.2) is 19.3 Å². The van der Waals surface area contributed by atoms with Crippen LogP contribution in [0.4, 0.5) is 9.52 Å². The first kappa shape index (κ1) is 21.7. The molecule has 0 radical (unpaired) electrons. The summed E-state index contributed by atoms with van der Waals surface area (Å²) < 4.78 is 13.4. The summed E-state index contributed by atoms with van der Waals surface area (Å²) >= 11 is 4.26. The lowest BCUT2D eigenvalue weighted by molar-refractivity contribution is -0.115. The number of hydrogen-bond donors (Lipinski definition) is 1. The first-order valence-electron chi connectivity index (χ1n) is 10.0. The number of carbonyl (C=O) groups excluding carboxylic acids is 1. The quantitative estimate of drug-likeness (QED) is 0.210. The molecule has 0 aliphatic carbocycles. The van der Waals surface area contributed by atoms with Gasteiger partial charge in [0.1, 0.15) is 22.0 Å². The molecule has 5 aromatic rings. The van der Waals surface area contributed by atoms with Crippen LogP contribution in [0.3, 0.4) is 0 Å². The number of fused-ring (bicyclic) bond motifs is 1. The monoisotopic (exact) mass is 492 g/mol. The Kier molecular flexibility index (Phi) is 6.17. The number of thiazole rings is 1. The number of benzene rings is 2. The van der Waals surface area contributed by atoms with E-state index in [-0.39, 0.29) is 11.7 Å². The van der Waals surface area contributed by atoms with Gasteiger partial charge in [0.15, 0.2) is 5.13 Å². The molecule has 5 rings (SSSR count). The van der Waals surface area contributed by atoms with Gasteiger partial charge in [-0.2, -0.15) is 0 Å². The summed E-state index contributed by atoms with van der Waals surface area (Å²) in [6, 6.07) is 16.2. The minimum Gasteiger partial charge on any atom is -0.301 e. The number of nitrogens with one attached hydrogen (secondary N) is 1. The molecule has 0 saturated carbocycles. The van der Waals surface area contributed by atoms with Gasteiger partial charge in [-0.05, 0) is 24.6 Å². The molecule has 0 bridgehead atoms. The topological polar surface area (TPSA) is 67.8 Å². The number of hydrogen-bond acceptors (Lipinski definition) is 7. The highest BCUT2D eigenvalue weighted by molar-refractivity contribution is 8.00. The number of anilines is 1. The number of rotatable bonds is 6. The van der Waals surface area contributed by atoms with Crippen LogP contribution in [0.15, 0.2) is 76.7 Å². The third-order valence-electron chi connectivity index (χ3n) is 4.95. The van der Waals surface area contributed by atoms with Crippen LogP contribution in [-0.4, -0.2) is 26.1 Å². The molecule has 0 aliphatic heterocycles. The molecule has 5 nitrogen and oxygen atoms in total. The zero-order valence-corrected chi connectivity index (χ0v) is 19.8. The lowest BCUT2D eigenvalue weighted by Crippen LogP contribution is -2.22. The van der Waals surface area contributed by atoms with E-state index in [1.165, 1.54) is 52.9 Å². The average Bonchev–Trinajstić information content (AvgIpc) is 3.48. The molecule has 0 fully saturated rings. The Bertz CT molecular complexity index is 1420. The second kappa shape index (κ2) is 9.38. The number of thioether (sulfide) groups is 1. The van der Waals surface area contributed by atoms with Crippen molar-refractivity contribution in [1.82, 2.24) is 15.0 Å². The van der Waals surface area contributed by atoms with Crippen LogP contribution in [0, 0.1) is 5.82 Å². The van der Waals surface area contributed by atoms with Crippen molar-refractivity contribution in [3.05, 3.63) is 77.5 Å². The largest absolute Gasteiger partial charge is 0.301 e. The van der Waals surface area contributed by atoms with E-state index in [1.54, 1.807) is 12.1 Å². The van der Waals surface area contributed by atoms with Gasteiger partial charge in [-0.3, -0.25) is 4.79 Å². The van der Waals surface area contributed by atoms with Gasteiger partial charge in [0.05, 0.1) is 16.3 Å². The van der Waals surface area contributed by atoms with Crippen molar-refractivity contribution in [2.45, 2.75) is 17.2 Å². The first-order valence-corrected chi connectivity index (χ1v) is 12.7. The van der Waals surface area contributed by atoms with Crippen molar-refractivity contribution < 1.29 is 9.18 Å². The highest BCUT2D eigenvalue weighted by Crippen LogP contribution is 2.39. The summed E-state index contributed by atoms with van der Waals surface area (Å²) in [5.74, 6) is -0.439. The minimum absolute atomic E-state index is 0.153. The van der Waals surface area contributed by atoms with Crippen LogP contribution in [0.1, 0.15) is 6.92 Å². The summed E-state index contributed by atoms with van der Waals surface area (Å²) in [5.41, 5.74) is 3.65. The van der Waals surface area contributed by atoms with Gasteiger partial charge in [-0.1, -0.05) is 54.2 Å². The highest BCUT2D eigenvalue weighted by Gasteiger charge is 2.21. The van der Waals surface area contributed by atoms with Crippen LogP contribution in [0.2, 0.25) is 0 Å². The molecule has 33 heavy (non-hydrogen) atoms. The fourth-order valence-corrected chi connectivity index (χ4v) is 5.92. The summed E-state index contributed by atoms with van der Waals surface area (Å²) in [7, 11) is 0. The van der Waals surface area contributed by atoms with Crippen molar-refractivity contribution in [2.75, 3.05) is 5.32 Å². The smallest absolute Gasteiger partial charge is 0.239 e. The Morgan fingerprint density at radius 3 is 2.58 bits per heavy atom. The standard InChI is InChI=1S/C24H17FN4OS3/c1-14(21(30)29-24-28-19(12-32-24)16-5-3-2-4-6-16)33-23-20-18(11-31-22(20)26-13-27-23)15-7-9-17(25)10-8-15/h2-14H,1H3,(H,28,29,30). The van der Waals surface area contributed by atoms with Crippen molar-refractivity contribution in [3.63, 3.8) is 0 Å². The number of aromatic nitrogens is 3. The molecular formula is C24H17FN4OS3. The minimum atomic E-state index is -0.409. The third-order valence-corrected chi connectivity index (χ3v) is 7.70.